The van der Waals surface area contributed by atoms with Gasteiger partial charge in [-0.15, -0.1) is 0 Å². The van der Waals surface area contributed by atoms with Crippen molar-refractivity contribution in [3.05, 3.63) is 24.3 Å². The van der Waals surface area contributed by atoms with Gasteiger partial charge in [-0.25, -0.2) is 0 Å². The van der Waals surface area contributed by atoms with Crippen molar-refractivity contribution < 1.29 is 19.8 Å². The Labute approximate surface area is 96.3 Å². The van der Waals surface area contributed by atoms with E-state index in [0.717, 1.165) is 12.8 Å². The average molecular weight is 226 g/mol. The molecule has 0 atom stereocenters. The molecule has 0 aliphatic rings. The summed E-state index contributed by atoms with van der Waals surface area (Å²) in [7, 11) is 0. The maximum Gasteiger partial charge on any atom is 0.0668 e. The minimum atomic E-state index is -1.15. The van der Waals surface area contributed by atoms with Crippen LogP contribution >= 0.6 is 0 Å². The van der Waals surface area contributed by atoms with Gasteiger partial charge < -0.3 is 19.8 Å². The first-order chi connectivity index (χ1) is 7.36. The third-order valence-electron chi connectivity index (χ3n) is 1.84. The summed E-state index contributed by atoms with van der Waals surface area (Å²) < 4.78 is 0. The lowest BCUT2D eigenvalue weighted by Crippen LogP contribution is -2.23. The highest BCUT2D eigenvalue weighted by Gasteiger charge is 1.91. The van der Waals surface area contributed by atoms with Crippen LogP contribution in [0.5, 0.6) is 0 Å². The van der Waals surface area contributed by atoms with E-state index >= 15 is 0 Å². The van der Waals surface area contributed by atoms with Gasteiger partial charge in [-0.1, -0.05) is 33.4 Å². The molecule has 0 N–H and O–H groups in total. The van der Waals surface area contributed by atoms with E-state index in [9.17, 15) is 19.8 Å². The predicted octanol–water partition coefficient (Wildman–Crippen LogP) is 0.185. The monoisotopic (exact) mass is 226 g/mol. The first kappa shape index (κ1) is 16.8. The van der Waals surface area contributed by atoms with Crippen molar-refractivity contribution in [2.45, 2.75) is 39.5 Å². The summed E-state index contributed by atoms with van der Waals surface area (Å²) in [6.45, 7) is 10.3. The SMILES string of the molecule is C=C(CC)C(=O)[O-].C=C(CCCC)C(=O)[O-]. The van der Waals surface area contributed by atoms with E-state index in [1.165, 1.54) is 0 Å². The Morgan fingerprint density at radius 1 is 1.00 bits per heavy atom. The number of carboxylic acid groups (broad SMARTS) is 2. The molecule has 0 aliphatic carbocycles. The van der Waals surface area contributed by atoms with E-state index in [0.29, 0.717) is 12.8 Å². The lowest BCUT2D eigenvalue weighted by atomic mass is 10.1. The largest absolute Gasteiger partial charge is 0.545 e. The van der Waals surface area contributed by atoms with Gasteiger partial charge in [0, 0.05) is 0 Å². The maximum atomic E-state index is 9.99. The van der Waals surface area contributed by atoms with Crippen molar-refractivity contribution in [2.24, 2.45) is 0 Å². The molecule has 0 spiro atoms. The highest BCUT2D eigenvalue weighted by atomic mass is 16.4. The fourth-order valence-corrected chi connectivity index (χ4v) is 0.637. The molecule has 0 aliphatic heterocycles. The van der Waals surface area contributed by atoms with Crippen molar-refractivity contribution in [1.82, 2.24) is 0 Å². The number of hydrogen-bond donors (Lipinski definition) is 0. The summed E-state index contributed by atoms with van der Waals surface area (Å²) in [4.78, 5) is 19.7. The number of carbonyl (C=O) groups excluding carboxylic acids is 2. The van der Waals surface area contributed by atoms with Gasteiger partial charge in [0.1, 0.15) is 0 Å². The highest BCUT2D eigenvalue weighted by Crippen LogP contribution is 2.02. The maximum absolute atomic E-state index is 9.99. The fraction of sp³-hybridized carbons (Fsp3) is 0.500. The van der Waals surface area contributed by atoms with E-state index in [1.54, 1.807) is 6.92 Å². The fourth-order valence-electron chi connectivity index (χ4n) is 0.637. The third kappa shape index (κ3) is 10.5. The number of unbranched alkanes of at least 4 members (excludes halogenated alkanes) is 1. The first-order valence-corrected chi connectivity index (χ1v) is 5.14. The standard InChI is InChI=1S/C7H12O2.C5H8O2/c1-3-4-5-6(2)7(8)9;1-3-4(2)5(6)7/h2-5H2,1H3,(H,8,9);2-3H2,1H3,(H,6,7)/p-2. The molecule has 0 aromatic heterocycles. The minimum Gasteiger partial charge on any atom is -0.545 e. The first-order valence-electron chi connectivity index (χ1n) is 5.14. The van der Waals surface area contributed by atoms with E-state index < -0.39 is 11.9 Å². The summed E-state index contributed by atoms with van der Waals surface area (Å²) in [6, 6.07) is 0. The summed E-state index contributed by atoms with van der Waals surface area (Å²) in [5.74, 6) is -2.27. The van der Waals surface area contributed by atoms with Gasteiger partial charge in [0.15, 0.2) is 0 Å². The Morgan fingerprint density at radius 3 is 1.62 bits per heavy atom. The molecule has 0 unspecified atom stereocenters. The van der Waals surface area contributed by atoms with E-state index in [-0.39, 0.29) is 11.1 Å². The molecule has 0 heterocycles. The number of hydrogen-bond acceptors (Lipinski definition) is 4. The molecular formula is C12H18O4-2. The van der Waals surface area contributed by atoms with Crippen LogP contribution in [0.15, 0.2) is 24.3 Å². The zero-order valence-electron chi connectivity index (χ0n) is 9.88. The molecule has 0 aromatic carbocycles. The van der Waals surface area contributed by atoms with Crippen LogP contribution in [0.4, 0.5) is 0 Å². The normalized spacial score (nSPS) is 8.62. The summed E-state index contributed by atoms with van der Waals surface area (Å²) >= 11 is 0. The topological polar surface area (TPSA) is 80.3 Å². The Bertz CT molecular complexity index is 266. The van der Waals surface area contributed by atoms with E-state index in [2.05, 4.69) is 13.2 Å². The summed E-state index contributed by atoms with van der Waals surface area (Å²) in [6.07, 6.45) is 2.89. The van der Waals surface area contributed by atoms with E-state index in [1.807, 2.05) is 6.92 Å². The number of carboxylic acids is 2. The van der Waals surface area contributed by atoms with Gasteiger partial charge in [0.05, 0.1) is 11.9 Å². The molecule has 0 saturated carbocycles. The molecule has 0 amide bonds. The second-order valence-electron chi connectivity index (χ2n) is 3.24. The third-order valence-corrected chi connectivity index (χ3v) is 1.84. The average Bonchev–Trinajstić information content (AvgIpc) is 2.25. The van der Waals surface area contributed by atoms with Crippen LogP contribution in [0, 0.1) is 0 Å². The van der Waals surface area contributed by atoms with Gasteiger partial charge in [0.2, 0.25) is 0 Å². The van der Waals surface area contributed by atoms with Crippen LogP contribution in [0.3, 0.4) is 0 Å². The van der Waals surface area contributed by atoms with Crippen LogP contribution in [-0.2, 0) is 9.59 Å². The molecule has 16 heavy (non-hydrogen) atoms. The van der Waals surface area contributed by atoms with Crippen LogP contribution in [0.1, 0.15) is 39.5 Å². The molecule has 0 saturated heterocycles. The number of carbonyl (C=O) groups is 2. The van der Waals surface area contributed by atoms with Crippen molar-refractivity contribution in [3.63, 3.8) is 0 Å². The summed E-state index contributed by atoms with van der Waals surface area (Å²) in [5.41, 5.74) is 0.358. The molecule has 0 fully saturated rings. The summed E-state index contributed by atoms with van der Waals surface area (Å²) in [5, 5.41) is 19.7. The quantitative estimate of drug-likeness (QED) is 0.605. The van der Waals surface area contributed by atoms with Gasteiger partial charge in [-0.2, -0.15) is 0 Å². The Balaban J connectivity index is 0. The van der Waals surface area contributed by atoms with Crippen LogP contribution in [-0.4, -0.2) is 11.9 Å². The predicted molar refractivity (Wildman–Crippen MR) is 58.1 cm³/mol. The van der Waals surface area contributed by atoms with Gasteiger partial charge in [0.25, 0.3) is 0 Å². The Kier molecular flexibility index (Phi) is 10.5. The van der Waals surface area contributed by atoms with Crippen LogP contribution in [0.2, 0.25) is 0 Å². The second kappa shape index (κ2) is 9.96. The molecule has 0 bridgehead atoms. The van der Waals surface area contributed by atoms with Crippen molar-refractivity contribution >= 4 is 11.9 Å². The minimum absolute atomic E-state index is 0.153. The van der Waals surface area contributed by atoms with Gasteiger partial charge in [-0.3, -0.25) is 0 Å². The van der Waals surface area contributed by atoms with Gasteiger partial charge >= 0.3 is 0 Å². The van der Waals surface area contributed by atoms with Crippen molar-refractivity contribution in [3.8, 4) is 0 Å². The zero-order chi connectivity index (χ0) is 13.1. The van der Waals surface area contributed by atoms with Crippen molar-refractivity contribution in [2.75, 3.05) is 0 Å². The van der Waals surface area contributed by atoms with Gasteiger partial charge in [-0.05, 0) is 30.4 Å². The molecule has 4 nitrogen and oxygen atoms in total. The lowest BCUT2D eigenvalue weighted by Gasteiger charge is -2.03. The molecule has 4 heteroatoms. The molecule has 0 aromatic rings. The van der Waals surface area contributed by atoms with Crippen molar-refractivity contribution in [1.29, 1.82) is 0 Å². The zero-order valence-corrected chi connectivity index (χ0v) is 9.88. The molecular weight excluding hydrogens is 208 g/mol. The smallest absolute Gasteiger partial charge is 0.0668 e. The molecule has 0 radical (unpaired) electrons. The van der Waals surface area contributed by atoms with Crippen LogP contribution in [0.25, 0.3) is 0 Å². The number of aliphatic carboxylic acids is 2. The highest BCUT2D eigenvalue weighted by molar-refractivity contribution is 5.83. The van der Waals surface area contributed by atoms with E-state index in [4.69, 9.17) is 0 Å². The molecule has 92 valence electrons. The van der Waals surface area contributed by atoms with Crippen LogP contribution < -0.4 is 10.2 Å². The lowest BCUT2D eigenvalue weighted by molar-refractivity contribution is -0.300. The molecule has 0 rings (SSSR count). The second-order valence-corrected chi connectivity index (χ2v) is 3.24. The number of rotatable bonds is 6. The Morgan fingerprint density at radius 2 is 1.44 bits per heavy atom. The Hall–Kier alpha value is -1.58.